The molecule has 8 heteroatoms. The van der Waals surface area contributed by atoms with E-state index >= 15 is 0 Å². The highest BCUT2D eigenvalue weighted by Crippen LogP contribution is 2.21. The van der Waals surface area contributed by atoms with E-state index in [2.05, 4.69) is 4.98 Å². The minimum Gasteiger partial charge on any atom is -0.481 e. The van der Waals surface area contributed by atoms with E-state index in [4.69, 9.17) is 10.4 Å². The van der Waals surface area contributed by atoms with Gasteiger partial charge in [-0.05, 0) is 6.92 Å². The van der Waals surface area contributed by atoms with Crippen LogP contribution in [0.2, 0.25) is 0 Å². The summed E-state index contributed by atoms with van der Waals surface area (Å²) >= 11 is 0. The second-order valence-corrected chi connectivity index (χ2v) is 3.66. The van der Waals surface area contributed by atoms with Crippen LogP contribution in [0.5, 0.6) is 0 Å². The molecule has 1 rings (SSSR count). The monoisotopic (exact) mass is 264 g/mol. The lowest BCUT2D eigenvalue weighted by Gasteiger charge is -2.21. The molecule has 0 fully saturated rings. The summed E-state index contributed by atoms with van der Waals surface area (Å²) in [5.74, 6) is -0.698. The van der Waals surface area contributed by atoms with Crippen LogP contribution in [-0.2, 0) is 4.79 Å². The number of nitriles is 1. The summed E-state index contributed by atoms with van der Waals surface area (Å²) in [6, 6.07) is 2.97. The van der Waals surface area contributed by atoms with Crippen molar-refractivity contribution in [2.45, 2.75) is 13.3 Å². The van der Waals surface area contributed by atoms with E-state index in [9.17, 15) is 14.9 Å². The summed E-state index contributed by atoms with van der Waals surface area (Å²) in [6.07, 6.45) is 0.955. The van der Waals surface area contributed by atoms with Gasteiger partial charge in [0, 0.05) is 19.2 Å². The summed E-state index contributed by atoms with van der Waals surface area (Å²) in [5.41, 5.74) is -0.212. The van der Waals surface area contributed by atoms with Crippen LogP contribution in [0, 0.1) is 21.4 Å². The maximum atomic E-state index is 10.6. The van der Waals surface area contributed by atoms with E-state index < -0.39 is 10.9 Å². The molecule has 0 aliphatic carbocycles. The summed E-state index contributed by atoms with van der Waals surface area (Å²) in [5, 5.41) is 28.2. The second-order valence-electron chi connectivity index (χ2n) is 3.66. The van der Waals surface area contributed by atoms with Crippen molar-refractivity contribution in [2.24, 2.45) is 0 Å². The zero-order valence-corrected chi connectivity index (χ0v) is 10.2. The van der Waals surface area contributed by atoms with Crippen LogP contribution in [0.25, 0.3) is 0 Å². The maximum absolute atomic E-state index is 10.6. The Balaban J connectivity index is 3.07. The molecule has 1 aromatic rings. The van der Waals surface area contributed by atoms with Crippen LogP contribution in [-0.4, -0.2) is 34.1 Å². The predicted molar refractivity (Wildman–Crippen MR) is 65.7 cm³/mol. The Morgan fingerprint density at radius 2 is 2.37 bits per heavy atom. The van der Waals surface area contributed by atoms with Crippen molar-refractivity contribution in [3.63, 3.8) is 0 Å². The van der Waals surface area contributed by atoms with Crippen molar-refractivity contribution < 1.29 is 14.8 Å². The van der Waals surface area contributed by atoms with E-state index in [0.717, 1.165) is 12.3 Å². The second kappa shape index (κ2) is 6.30. The number of carboxylic acids is 1. The van der Waals surface area contributed by atoms with Crippen LogP contribution in [0.3, 0.4) is 0 Å². The molecule has 0 amide bonds. The van der Waals surface area contributed by atoms with Crippen molar-refractivity contribution in [1.82, 2.24) is 4.98 Å². The Morgan fingerprint density at radius 1 is 1.68 bits per heavy atom. The van der Waals surface area contributed by atoms with Crippen LogP contribution in [0.1, 0.15) is 18.9 Å². The number of hydrogen-bond acceptors (Lipinski definition) is 6. The Morgan fingerprint density at radius 3 is 2.84 bits per heavy atom. The number of aliphatic carboxylic acids is 1. The van der Waals surface area contributed by atoms with Crippen molar-refractivity contribution >= 4 is 17.5 Å². The fourth-order valence-electron chi connectivity index (χ4n) is 1.53. The van der Waals surface area contributed by atoms with Gasteiger partial charge in [-0.1, -0.05) is 0 Å². The summed E-state index contributed by atoms with van der Waals surface area (Å²) in [6.45, 7) is 2.42. The van der Waals surface area contributed by atoms with E-state index in [1.807, 2.05) is 6.07 Å². The minimum absolute atomic E-state index is 0.0569. The number of hydrogen-bond donors (Lipinski definition) is 1. The lowest BCUT2D eigenvalue weighted by atomic mass is 10.2. The van der Waals surface area contributed by atoms with Crippen molar-refractivity contribution in [1.29, 1.82) is 5.26 Å². The van der Waals surface area contributed by atoms with E-state index in [1.54, 1.807) is 11.8 Å². The highest BCUT2D eigenvalue weighted by molar-refractivity contribution is 5.68. The van der Waals surface area contributed by atoms with Crippen LogP contribution >= 0.6 is 0 Å². The van der Waals surface area contributed by atoms with Gasteiger partial charge in [0.15, 0.2) is 0 Å². The molecule has 0 spiro atoms. The molecule has 0 aliphatic heterocycles. The van der Waals surface area contributed by atoms with Gasteiger partial charge in [0.1, 0.15) is 23.6 Å². The van der Waals surface area contributed by atoms with Gasteiger partial charge in [-0.25, -0.2) is 4.98 Å². The molecule has 0 saturated carbocycles. The minimum atomic E-state index is -0.959. The fraction of sp³-hybridized carbons (Fsp3) is 0.364. The molecule has 0 radical (unpaired) electrons. The molecule has 1 aromatic heterocycles. The summed E-state index contributed by atoms with van der Waals surface area (Å²) in [7, 11) is 0. The van der Waals surface area contributed by atoms with Gasteiger partial charge in [-0.15, -0.1) is 0 Å². The molecule has 1 heterocycles. The number of nitro groups is 1. The quantitative estimate of drug-likeness (QED) is 0.604. The Bertz CT molecular complexity index is 538. The Kier molecular flexibility index (Phi) is 4.76. The Labute approximate surface area is 109 Å². The first-order valence-corrected chi connectivity index (χ1v) is 5.50. The average Bonchev–Trinajstić information content (AvgIpc) is 2.39. The van der Waals surface area contributed by atoms with Gasteiger partial charge in [0.05, 0.1) is 11.3 Å². The van der Waals surface area contributed by atoms with Crippen LogP contribution in [0.4, 0.5) is 11.5 Å². The topological polar surface area (TPSA) is 120 Å². The van der Waals surface area contributed by atoms with E-state index in [0.29, 0.717) is 6.54 Å². The number of carboxylic acid groups (broad SMARTS) is 1. The largest absolute Gasteiger partial charge is 0.481 e. The van der Waals surface area contributed by atoms with Gasteiger partial charge in [0.2, 0.25) is 0 Å². The average molecular weight is 264 g/mol. The van der Waals surface area contributed by atoms with Gasteiger partial charge < -0.3 is 10.0 Å². The molecular weight excluding hydrogens is 252 g/mol. The highest BCUT2D eigenvalue weighted by atomic mass is 16.6. The molecule has 0 bridgehead atoms. The van der Waals surface area contributed by atoms with Crippen LogP contribution in [0.15, 0.2) is 12.3 Å². The highest BCUT2D eigenvalue weighted by Gasteiger charge is 2.17. The number of pyridine rings is 1. The SMILES string of the molecule is CCN(CCC(=O)O)c1ncc([N+](=O)[O-])cc1C#N. The molecule has 0 aliphatic rings. The molecule has 0 atom stereocenters. The standard InChI is InChI=1S/C11H12N4O4/c1-2-14(4-3-10(16)17)11-8(6-12)5-9(7-13-11)15(18)19/h5,7H,2-4H2,1H3,(H,16,17). The zero-order chi connectivity index (χ0) is 14.4. The lowest BCUT2D eigenvalue weighted by Crippen LogP contribution is -2.27. The smallest absolute Gasteiger partial charge is 0.305 e. The van der Waals surface area contributed by atoms with Gasteiger partial charge in [-0.2, -0.15) is 5.26 Å². The molecule has 0 saturated heterocycles. The van der Waals surface area contributed by atoms with Crippen LogP contribution < -0.4 is 4.90 Å². The third-order valence-corrected chi connectivity index (χ3v) is 2.46. The summed E-state index contributed by atoms with van der Waals surface area (Å²) < 4.78 is 0. The fourth-order valence-corrected chi connectivity index (χ4v) is 1.53. The number of nitrogens with zero attached hydrogens (tertiary/aromatic N) is 4. The first kappa shape index (κ1) is 14.4. The number of carbonyl (C=O) groups is 1. The summed E-state index contributed by atoms with van der Waals surface area (Å²) in [4.78, 5) is 26.0. The van der Waals surface area contributed by atoms with Gasteiger partial charge in [0.25, 0.3) is 5.69 Å². The maximum Gasteiger partial charge on any atom is 0.305 e. The lowest BCUT2D eigenvalue weighted by molar-refractivity contribution is -0.385. The van der Waals surface area contributed by atoms with Crippen molar-refractivity contribution in [3.05, 3.63) is 27.9 Å². The molecule has 0 aromatic carbocycles. The van der Waals surface area contributed by atoms with E-state index in [1.165, 1.54) is 0 Å². The van der Waals surface area contributed by atoms with Crippen molar-refractivity contribution in [2.75, 3.05) is 18.0 Å². The molecular formula is C11H12N4O4. The zero-order valence-electron chi connectivity index (χ0n) is 10.2. The number of anilines is 1. The molecule has 100 valence electrons. The molecule has 0 unspecified atom stereocenters. The van der Waals surface area contributed by atoms with Gasteiger partial charge >= 0.3 is 5.97 Å². The van der Waals surface area contributed by atoms with E-state index in [-0.39, 0.29) is 30.0 Å². The predicted octanol–water partition coefficient (Wildman–Crippen LogP) is 1.16. The molecule has 19 heavy (non-hydrogen) atoms. The first-order chi connectivity index (χ1) is 8.99. The molecule has 8 nitrogen and oxygen atoms in total. The normalized spacial score (nSPS) is 9.68. The Hall–Kier alpha value is -2.69. The third-order valence-electron chi connectivity index (χ3n) is 2.46. The number of aromatic nitrogens is 1. The van der Waals surface area contributed by atoms with Gasteiger partial charge in [-0.3, -0.25) is 14.9 Å². The van der Waals surface area contributed by atoms with Crippen molar-refractivity contribution in [3.8, 4) is 6.07 Å². The third kappa shape index (κ3) is 3.64. The first-order valence-electron chi connectivity index (χ1n) is 5.50. The molecule has 1 N–H and O–H groups in total. The number of rotatable bonds is 6.